The number of nitrogens with one attached hydrogen (secondary N) is 1. The third kappa shape index (κ3) is 4.19. The fraction of sp³-hybridized carbons (Fsp3) is 1.00. The largest absolute Gasteiger partial charge is 0.312 e. The topological polar surface area (TPSA) is 15.3 Å². The summed E-state index contributed by atoms with van der Waals surface area (Å²) < 4.78 is 0. The van der Waals surface area contributed by atoms with Crippen LogP contribution in [0.1, 0.15) is 59.8 Å². The van der Waals surface area contributed by atoms with E-state index in [0.717, 1.165) is 29.8 Å². The fourth-order valence-corrected chi connectivity index (χ4v) is 4.30. The molecule has 1 saturated heterocycles. The van der Waals surface area contributed by atoms with Crippen molar-refractivity contribution in [3.8, 4) is 0 Å². The molecule has 0 bridgehead atoms. The summed E-state index contributed by atoms with van der Waals surface area (Å²) in [5.41, 5.74) is 0. The van der Waals surface area contributed by atoms with Gasteiger partial charge in [-0.1, -0.05) is 27.7 Å². The lowest BCUT2D eigenvalue weighted by atomic mass is 9.80. The first-order chi connectivity index (χ1) is 9.10. The maximum absolute atomic E-state index is 3.83. The Morgan fingerprint density at radius 2 is 1.63 bits per heavy atom. The Morgan fingerprint density at radius 3 is 2.26 bits per heavy atom. The minimum atomic E-state index is 0.744. The third-order valence-corrected chi connectivity index (χ3v) is 5.10. The Kier molecular flexibility index (Phi) is 5.70. The molecule has 2 nitrogen and oxygen atoms in total. The van der Waals surface area contributed by atoms with Crippen LogP contribution in [0.4, 0.5) is 0 Å². The van der Waals surface area contributed by atoms with Gasteiger partial charge in [-0.25, -0.2) is 0 Å². The number of rotatable bonds is 4. The van der Waals surface area contributed by atoms with Crippen molar-refractivity contribution in [2.45, 2.75) is 71.9 Å². The number of hydrogen-bond donors (Lipinski definition) is 1. The molecule has 2 aliphatic rings. The second-order valence-electron chi connectivity index (χ2n) is 7.45. The van der Waals surface area contributed by atoms with Crippen molar-refractivity contribution in [1.29, 1.82) is 0 Å². The highest BCUT2D eigenvalue weighted by Gasteiger charge is 2.35. The van der Waals surface area contributed by atoms with E-state index in [9.17, 15) is 0 Å². The van der Waals surface area contributed by atoms with Crippen molar-refractivity contribution >= 4 is 0 Å². The molecule has 2 heteroatoms. The van der Waals surface area contributed by atoms with Crippen molar-refractivity contribution in [3.63, 3.8) is 0 Å². The van der Waals surface area contributed by atoms with Crippen molar-refractivity contribution in [2.24, 2.45) is 17.8 Å². The predicted octanol–water partition coefficient (Wildman–Crippen LogP) is 3.52. The molecule has 0 amide bonds. The fourth-order valence-electron chi connectivity index (χ4n) is 4.30. The quantitative estimate of drug-likeness (QED) is 0.837. The highest BCUT2D eigenvalue weighted by molar-refractivity contribution is 4.92. The molecule has 0 radical (unpaired) electrons. The van der Waals surface area contributed by atoms with E-state index in [-0.39, 0.29) is 0 Å². The Labute approximate surface area is 120 Å². The van der Waals surface area contributed by atoms with Gasteiger partial charge in [-0.05, 0) is 56.4 Å². The van der Waals surface area contributed by atoms with Crippen LogP contribution in [-0.2, 0) is 0 Å². The normalized spacial score (nSPS) is 41.4. The second-order valence-corrected chi connectivity index (χ2v) is 7.45. The molecule has 1 saturated carbocycles. The summed E-state index contributed by atoms with van der Waals surface area (Å²) in [5.74, 6) is 2.68. The Balaban J connectivity index is 1.99. The molecule has 1 aliphatic heterocycles. The van der Waals surface area contributed by atoms with Crippen molar-refractivity contribution in [3.05, 3.63) is 0 Å². The molecule has 112 valence electrons. The highest BCUT2D eigenvalue weighted by Crippen LogP contribution is 2.32. The van der Waals surface area contributed by atoms with Gasteiger partial charge in [0, 0.05) is 25.2 Å². The van der Waals surface area contributed by atoms with E-state index >= 15 is 0 Å². The van der Waals surface area contributed by atoms with E-state index in [4.69, 9.17) is 0 Å². The molecule has 1 N–H and O–H groups in total. The smallest absolute Gasteiger partial charge is 0.0252 e. The maximum atomic E-state index is 3.83. The van der Waals surface area contributed by atoms with Gasteiger partial charge in [0.1, 0.15) is 0 Å². The number of piperidine rings is 1. The molecule has 2 fully saturated rings. The Morgan fingerprint density at radius 1 is 0.947 bits per heavy atom. The first kappa shape index (κ1) is 15.3. The van der Waals surface area contributed by atoms with Crippen LogP contribution >= 0.6 is 0 Å². The van der Waals surface area contributed by atoms with Gasteiger partial charge in [0.05, 0.1) is 0 Å². The zero-order valence-electron chi connectivity index (χ0n) is 13.5. The average Bonchev–Trinajstić information content (AvgIpc) is 2.36. The molecule has 0 aromatic heterocycles. The van der Waals surface area contributed by atoms with Gasteiger partial charge in [-0.15, -0.1) is 0 Å². The Bertz CT molecular complexity index is 254. The minimum absolute atomic E-state index is 0.744. The van der Waals surface area contributed by atoms with E-state index in [1.807, 2.05) is 0 Å². The van der Waals surface area contributed by atoms with Crippen LogP contribution < -0.4 is 5.32 Å². The minimum Gasteiger partial charge on any atom is -0.312 e. The predicted molar refractivity (Wildman–Crippen MR) is 83.4 cm³/mol. The van der Waals surface area contributed by atoms with Gasteiger partial charge in [-0.2, -0.15) is 0 Å². The van der Waals surface area contributed by atoms with E-state index in [2.05, 4.69) is 37.9 Å². The third-order valence-electron chi connectivity index (χ3n) is 5.10. The molecule has 0 spiro atoms. The molecule has 5 unspecified atom stereocenters. The molecular weight excluding hydrogens is 232 g/mol. The van der Waals surface area contributed by atoms with Gasteiger partial charge >= 0.3 is 0 Å². The Hall–Kier alpha value is -0.0800. The van der Waals surface area contributed by atoms with Gasteiger partial charge in [-0.3, -0.25) is 4.90 Å². The van der Waals surface area contributed by atoms with Crippen LogP contribution in [0.25, 0.3) is 0 Å². The van der Waals surface area contributed by atoms with E-state index in [0.29, 0.717) is 0 Å². The van der Waals surface area contributed by atoms with Gasteiger partial charge in [0.25, 0.3) is 0 Å². The molecule has 0 aromatic rings. The zero-order chi connectivity index (χ0) is 13.8. The number of likely N-dealkylation sites (tertiary alicyclic amines) is 1. The molecule has 5 atom stereocenters. The first-order valence-corrected chi connectivity index (χ1v) is 8.57. The lowest BCUT2D eigenvalue weighted by molar-refractivity contribution is 0.0448. The lowest BCUT2D eigenvalue weighted by Crippen LogP contribution is -2.56. The van der Waals surface area contributed by atoms with Crippen LogP contribution in [0.15, 0.2) is 0 Å². The van der Waals surface area contributed by atoms with E-state index in [1.165, 1.54) is 51.7 Å². The molecule has 1 aliphatic carbocycles. The highest BCUT2D eigenvalue weighted by atomic mass is 15.2. The van der Waals surface area contributed by atoms with E-state index in [1.54, 1.807) is 0 Å². The van der Waals surface area contributed by atoms with Gasteiger partial charge in [0.15, 0.2) is 0 Å². The summed E-state index contributed by atoms with van der Waals surface area (Å²) >= 11 is 0. The zero-order valence-corrected chi connectivity index (χ0v) is 13.5. The molecule has 0 aromatic carbocycles. The van der Waals surface area contributed by atoms with Crippen LogP contribution in [0.5, 0.6) is 0 Å². The van der Waals surface area contributed by atoms with Crippen molar-refractivity contribution in [2.75, 3.05) is 19.6 Å². The molecule has 19 heavy (non-hydrogen) atoms. The van der Waals surface area contributed by atoms with Gasteiger partial charge < -0.3 is 5.32 Å². The standard InChI is InChI=1S/C17H34N2/c1-5-8-18-16-7-6-13(2)10-17(16)19-11-14(3)9-15(4)12-19/h13-18H,5-12H2,1-4H3. The number of hydrogen-bond acceptors (Lipinski definition) is 2. The van der Waals surface area contributed by atoms with Crippen LogP contribution in [-0.4, -0.2) is 36.6 Å². The monoisotopic (exact) mass is 266 g/mol. The lowest BCUT2D eigenvalue weighted by Gasteiger charge is -2.46. The second kappa shape index (κ2) is 7.08. The summed E-state index contributed by atoms with van der Waals surface area (Å²) in [6.45, 7) is 13.4. The van der Waals surface area contributed by atoms with Crippen LogP contribution in [0.2, 0.25) is 0 Å². The van der Waals surface area contributed by atoms with Crippen LogP contribution in [0, 0.1) is 17.8 Å². The van der Waals surface area contributed by atoms with E-state index < -0.39 is 0 Å². The first-order valence-electron chi connectivity index (χ1n) is 8.57. The molecule has 2 rings (SSSR count). The summed E-state index contributed by atoms with van der Waals surface area (Å²) in [6.07, 6.45) is 6.88. The molecular formula is C17H34N2. The number of nitrogens with zero attached hydrogens (tertiary/aromatic N) is 1. The molecule has 1 heterocycles. The summed E-state index contributed by atoms with van der Waals surface area (Å²) in [6, 6.07) is 1.54. The van der Waals surface area contributed by atoms with Gasteiger partial charge in [0.2, 0.25) is 0 Å². The van der Waals surface area contributed by atoms with Crippen molar-refractivity contribution < 1.29 is 0 Å². The maximum Gasteiger partial charge on any atom is 0.0252 e. The summed E-state index contributed by atoms with van der Waals surface area (Å²) in [7, 11) is 0. The average molecular weight is 266 g/mol. The van der Waals surface area contributed by atoms with Crippen molar-refractivity contribution in [1.82, 2.24) is 10.2 Å². The summed E-state index contributed by atoms with van der Waals surface area (Å²) in [5, 5.41) is 3.83. The summed E-state index contributed by atoms with van der Waals surface area (Å²) in [4.78, 5) is 2.82. The SMILES string of the molecule is CCCNC1CCC(C)CC1N1CC(C)CC(C)C1. The van der Waals surface area contributed by atoms with Crippen LogP contribution in [0.3, 0.4) is 0 Å².